The first-order chi connectivity index (χ1) is 18.1. The molecule has 1 fully saturated rings. The zero-order valence-corrected chi connectivity index (χ0v) is 21.5. The van der Waals surface area contributed by atoms with Crippen LogP contribution in [-0.4, -0.2) is 59.0 Å². The third-order valence-corrected chi connectivity index (χ3v) is 6.98. The van der Waals surface area contributed by atoms with E-state index in [0.29, 0.717) is 19.5 Å². The molecule has 0 unspecified atom stereocenters. The van der Waals surface area contributed by atoms with Crippen molar-refractivity contribution >= 4 is 11.9 Å². The Balaban J connectivity index is 1.25. The van der Waals surface area contributed by atoms with E-state index >= 15 is 0 Å². The fourth-order valence-electron chi connectivity index (χ4n) is 4.90. The molecule has 190 valence electrons. The number of methoxy groups -OCH3 is 1. The number of amides is 1. The van der Waals surface area contributed by atoms with Crippen molar-refractivity contribution in [2.45, 2.75) is 26.2 Å². The Labute approximate surface area is 218 Å². The molecule has 0 saturated carbocycles. The van der Waals surface area contributed by atoms with Crippen LogP contribution < -0.4 is 9.64 Å². The number of rotatable bonds is 8. The van der Waals surface area contributed by atoms with Crippen molar-refractivity contribution in [2.24, 2.45) is 0 Å². The van der Waals surface area contributed by atoms with E-state index in [1.54, 1.807) is 19.5 Å². The van der Waals surface area contributed by atoms with Gasteiger partial charge in [0.1, 0.15) is 5.75 Å². The SMILES string of the molecule is COc1cc(-c2cc(CCCC(=O)N3CCN(c4ncccn4)CC3)c(-c3ccccc3)[nH]2)ccc1C. The summed E-state index contributed by atoms with van der Waals surface area (Å²) in [5.74, 6) is 1.82. The molecule has 1 saturated heterocycles. The number of aromatic nitrogens is 3. The molecule has 4 aromatic rings. The lowest BCUT2D eigenvalue weighted by atomic mass is 10.0. The Kier molecular flexibility index (Phi) is 7.49. The summed E-state index contributed by atoms with van der Waals surface area (Å²) in [5, 5.41) is 0. The minimum atomic E-state index is 0.217. The van der Waals surface area contributed by atoms with Crippen LogP contribution in [0.3, 0.4) is 0 Å². The van der Waals surface area contributed by atoms with Crippen molar-refractivity contribution in [2.75, 3.05) is 38.2 Å². The molecule has 1 aliphatic rings. The van der Waals surface area contributed by atoms with Crippen LogP contribution in [0.5, 0.6) is 5.75 Å². The Bertz CT molecular complexity index is 1330. The summed E-state index contributed by atoms with van der Waals surface area (Å²) in [6.07, 6.45) is 5.67. The fourth-order valence-corrected chi connectivity index (χ4v) is 4.90. The summed E-state index contributed by atoms with van der Waals surface area (Å²) in [4.78, 5) is 29.4. The van der Waals surface area contributed by atoms with Gasteiger partial charge in [0, 0.05) is 61.9 Å². The number of ether oxygens (including phenoxy) is 1. The number of carbonyl (C=O) groups is 1. The molecule has 1 amide bonds. The monoisotopic (exact) mass is 495 g/mol. The maximum atomic E-state index is 13.0. The molecule has 0 aliphatic carbocycles. The largest absolute Gasteiger partial charge is 0.496 e. The van der Waals surface area contributed by atoms with Crippen molar-refractivity contribution in [3.05, 3.63) is 84.2 Å². The number of anilines is 1. The molecular formula is C30H33N5O2. The fraction of sp³-hybridized carbons (Fsp3) is 0.300. The number of nitrogens with one attached hydrogen (secondary N) is 1. The van der Waals surface area contributed by atoms with Crippen LogP contribution in [0.25, 0.3) is 22.5 Å². The van der Waals surface area contributed by atoms with Gasteiger partial charge in [0.05, 0.1) is 7.11 Å². The summed E-state index contributed by atoms with van der Waals surface area (Å²) in [6.45, 7) is 4.97. The van der Waals surface area contributed by atoms with E-state index in [0.717, 1.165) is 65.7 Å². The molecular weight excluding hydrogens is 462 g/mol. The van der Waals surface area contributed by atoms with Crippen LogP contribution in [-0.2, 0) is 11.2 Å². The van der Waals surface area contributed by atoms with Gasteiger partial charge in [0.2, 0.25) is 11.9 Å². The third kappa shape index (κ3) is 5.66. The van der Waals surface area contributed by atoms with Crippen LogP contribution in [0.1, 0.15) is 24.0 Å². The maximum Gasteiger partial charge on any atom is 0.225 e. The van der Waals surface area contributed by atoms with Crippen molar-refractivity contribution in [1.29, 1.82) is 0 Å². The highest BCUT2D eigenvalue weighted by atomic mass is 16.5. The lowest BCUT2D eigenvalue weighted by molar-refractivity contribution is -0.131. The lowest BCUT2D eigenvalue weighted by Crippen LogP contribution is -2.49. The molecule has 5 rings (SSSR count). The molecule has 0 atom stereocenters. The van der Waals surface area contributed by atoms with Crippen molar-refractivity contribution in [3.63, 3.8) is 0 Å². The molecule has 0 radical (unpaired) electrons. The highest BCUT2D eigenvalue weighted by molar-refractivity contribution is 5.77. The topological polar surface area (TPSA) is 74.3 Å². The molecule has 1 aliphatic heterocycles. The Hall–Kier alpha value is -4.13. The molecule has 7 nitrogen and oxygen atoms in total. The number of aromatic amines is 1. The van der Waals surface area contributed by atoms with Gasteiger partial charge in [-0.3, -0.25) is 4.79 Å². The van der Waals surface area contributed by atoms with E-state index in [2.05, 4.69) is 68.4 Å². The molecule has 7 heteroatoms. The zero-order chi connectivity index (χ0) is 25.6. The number of carbonyl (C=O) groups excluding carboxylic acids is 1. The number of H-pyrrole nitrogens is 1. The van der Waals surface area contributed by atoms with E-state index in [9.17, 15) is 4.79 Å². The Morgan fingerprint density at radius 1 is 0.946 bits per heavy atom. The number of benzene rings is 2. The third-order valence-electron chi connectivity index (χ3n) is 6.98. The first kappa shape index (κ1) is 24.6. The minimum absolute atomic E-state index is 0.217. The second kappa shape index (κ2) is 11.3. The summed E-state index contributed by atoms with van der Waals surface area (Å²) >= 11 is 0. The van der Waals surface area contributed by atoms with Crippen LogP contribution >= 0.6 is 0 Å². The summed E-state index contributed by atoms with van der Waals surface area (Å²) in [7, 11) is 1.70. The normalized spacial score (nSPS) is 13.6. The first-order valence-corrected chi connectivity index (χ1v) is 12.8. The predicted molar refractivity (Wildman–Crippen MR) is 147 cm³/mol. The Morgan fingerprint density at radius 3 is 2.43 bits per heavy atom. The minimum Gasteiger partial charge on any atom is -0.496 e. The number of hydrogen-bond acceptors (Lipinski definition) is 5. The van der Waals surface area contributed by atoms with Gasteiger partial charge >= 0.3 is 0 Å². The number of aryl methyl sites for hydroxylation is 2. The highest BCUT2D eigenvalue weighted by Gasteiger charge is 2.22. The standard InChI is InChI=1S/C30H33N5O2/c1-22-12-13-24(21-27(22)37-2)26-20-25(29(33-26)23-8-4-3-5-9-23)10-6-11-28(36)34-16-18-35(19-17-34)30-31-14-7-15-32-30/h3-5,7-9,12-15,20-21,33H,6,10-11,16-19H2,1-2H3. The summed E-state index contributed by atoms with van der Waals surface area (Å²) in [6, 6.07) is 20.7. The molecule has 37 heavy (non-hydrogen) atoms. The number of nitrogens with zero attached hydrogens (tertiary/aromatic N) is 4. The second-order valence-electron chi connectivity index (χ2n) is 9.40. The van der Waals surface area contributed by atoms with Gasteiger partial charge in [-0.15, -0.1) is 0 Å². The Morgan fingerprint density at radius 2 is 1.70 bits per heavy atom. The maximum absolute atomic E-state index is 13.0. The molecule has 2 aromatic heterocycles. The van der Waals surface area contributed by atoms with E-state index < -0.39 is 0 Å². The molecule has 0 bridgehead atoms. The zero-order valence-electron chi connectivity index (χ0n) is 21.5. The van der Waals surface area contributed by atoms with Gasteiger partial charge in [-0.25, -0.2) is 9.97 Å². The molecule has 1 N–H and O–H groups in total. The summed E-state index contributed by atoms with van der Waals surface area (Å²) < 4.78 is 5.54. The molecule has 3 heterocycles. The first-order valence-electron chi connectivity index (χ1n) is 12.8. The van der Waals surface area contributed by atoms with Gasteiger partial charge in [0.25, 0.3) is 0 Å². The smallest absolute Gasteiger partial charge is 0.225 e. The second-order valence-corrected chi connectivity index (χ2v) is 9.40. The van der Waals surface area contributed by atoms with Crippen molar-refractivity contribution in [1.82, 2.24) is 19.9 Å². The molecule has 2 aromatic carbocycles. The van der Waals surface area contributed by atoms with Crippen LogP contribution in [0.4, 0.5) is 5.95 Å². The number of piperazine rings is 1. The summed E-state index contributed by atoms with van der Waals surface area (Å²) in [5.41, 5.74) is 6.73. The quantitative estimate of drug-likeness (QED) is 0.367. The average molecular weight is 496 g/mol. The van der Waals surface area contributed by atoms with Crippen LogP contribution in [0, 0.1) is 6.92 Å². The van der Waals surface area contributed by atoms with E-state index in [1.165, 1.54) is 5.56 Å². The van der Waals surface area contributed by atoms with Crippen molar-refractivity contribution < 1.29 is 9.53 Å². The average Bonchev–Trinajstić information content (AvgIpc) is 3.38. The molecule has 0 spiro atoms. The van der Waals surface area contributed by atoms with Gasteiger partial charge in [0.15, 0.2) is 0 Å². The van der Waals surface area contributed by atoms with Crippen LogP contribution in [0.2, 0.25) is 0 Å². The number of hydrogen-bond donors (Lipinski definition) is 1. The van der Waals surface area contributed by atoms with E-state index in [1.807, 2.05) is 24.0 Å². The lowest BCUT2D eigenvalue weighted by Gasteiger charge is -2.34. The van der Waals surface area contributed by atoms with E-state index in [-0.39, 0.29) is 5.91 Å². The van der Waals surface area contributed by atoms with Crippen LogP contribution in [0.15, 0.2) is 73.1 Å². The van der Waals surface area contributed by atoms with Gasteiger partial charge in [-0.1, -0.05) is 42.5 Å². The highest BCUT2D eigenvalue weighted by Crippen LogP contribution is 2.32. The van der Waals surface area contributed by atoms with E-state index in [4.69, 9.17) is 4.74 Å². The predicted octanol–water partition coefficient (Wildman–Crippen LogP) is 5.13. The van der Waals surface area contributed by atoms with Gasteiger partial charge in [-0.2, -0.15) is 0 Å². The van der Waals surface area contributed by atoms with Crippen molar-refractivity contribution in [3.8, 4) is 28.3 Å². The van der Waals surface area contributed by atoms with Gasteiger partial charge < -0.3 is 19.5 Å². The van der Waals surface area contributed by atoms with Gasteiger partial charge in [-0.05, 0) is 54.7 Å².